The molecule has 0 spiro atoms. The molecule has 0 bridgehead atoms. The van der Waals surface area contributed by atoms with Gasteiger partial charge >= 0.3 is 5.97 Å². The second kappa shape index (κ2) is 6.86. The Bertz CT molecular complexity index is 394. The van der Waals surface area contributed by atoms with Gasteiger partial charge in [0.25, 0.3) is 0 Å². The third kappa shape index (κ3) is 5.88. The lowest BCUT2D eigenvalue weighted by molar-refractivity contribution is -0.131. The van der Waals surface area contributed by atoms with Crippen LogP contribution in [0.3, 0.4) is 0 Å². The summed E-state index contributed by atoms with van der Waals surface area (Å²) >= 11 is 0. The van der Waals surface area contributed by atoms with Crippen molar-refractivity contribution in [3.8, 4) is 0 Å². The normalized spacial score (nSPS) is 11.2. The number of carbonyl (C=O) groups is 1. The maximum Gasteiger partial charge on any atom is 0.328 e. The number of ether oxygens (including phenoxy) is 1. The van der Waals surface area contributed by atoms with E-state index in [1.165, 1.54) is 0 Å². The Hall–Kier alpha value is -1.61. The molecule has 0 amide bonds. The Labute approximate surface area is 102 Å². The summed E-state index contributed by atoms with van der Waals surface area (Å²) in [5.41, 5.74) is 1.93. The highest BCUT2D eigenvalue weighted by Crippen LogP contribution is 2.09. The Balaban J connectivity index is 2.56. The summed E-state index contributed by atoms with van der Waals surface area (Å²) in [5.74, 6) is -0.420. The summed E-state index contributed by atoms with van der Waals surface area (Å²) in [6.45, 7) is 5.50. The van der Waals surface area contributed by atoms with E-state index in [2.05, 4.69) is 13.8 Å². The van der Waals surface area contributed by atoms with Crippen molar-refractivity contribution < 1.29 is 14.6 Å². The Morgan fingerprint density at radius 3 is 2.88 bits per heavy atom. The molecule has 0 aliphatic heterocycles. The fourth-order valence-corrected chi connectivity index (χ4v) is 1.37. The van der Waals surface area contributed by atoms with E-state index in [1.807, 2.05) is 24.3 Å². The summed E-state index contributed by atoms with van der Waals surface area (Å²) in [5, 5.41) is 8.54. The first-order valence-corrected chi connectivity index (χ1v) is 5.65. The maximum atomic E-state index is 10.4. The van der Waals surface area contributed by atoms with Crippen LogP contribution >= 0.6 is 0 Å². The summed E-state index contributed by atoms with van der Waals surface area (Å²) in [6, 6.07) is 7.67. The lowest BCUT2D eigenvalue weighted by Crippen LogP contribution is -2.01. The molecular formula is C14H18O3. The van der Waals surface area contributed by atoms with Gasteiger partial charge in [0.15, 0.2) is 0 Å². The number of hydrogen-bond donors (Lipinski definition) is 1. The number of carboxylic acids is 1. The van der Waals surface area contributed by atoms with Crippen molar-refractivity contribution in [3.63, 3.8) is 0 Å². The van der Waals surface area contributed by atoms with Crippen LogP contribution in [-0.2, 0) is 16.1 Å². The summed E-state index contributed by atoms with van der Waals surface area (Å²) in [7, 11) is 0. The molecule has 0 aliphatic rings. The van der Waals surface area contributed by atoms with Crippen molar-refractivity contribution in [1.29, 1.82) is 0 Å². The number of carboxylic acid groups (broad SMARTS) is 1. The minimum absolute atomic E-state index is 0.519. The number of aliphatic carboxylic acids is 1. The molecule has 0 unspecified atom stereocenters. The van der Waals surface area contributed by atoms with Crippen LogP contribution in [0, 0.1) is 5.92 Å². The Morgan fingerprint density at radius 2 is 2.24 bits per heavy atom. The first-order valence-electron chi connectivity index (χ1n) is 5.65. The molecule has 0 atom stereocenters. The van der Waals surface area contributed by atoms with Crippen LogP contribution in [0.5, 0.6) is 0 Å². The largest absolute Gasteiger partial charge is 0.478 e. The molecule has 0 aliphatic carbocycles. The van der Waals surface area contributed by atoms with Gasteiger partial charge in [-0.1, -0.05) is 32.0 Å². The van der Waals surface area contributed by atoms with E-state index in [-0.39, 0.29) is 0 Å². The molecule has 1 aromatic carbocycles. The average Bonchev–Trinajstić information content (AvgIpc) is 2.26. The smallest absolute Gasteiger partial charge is 0.328 e. The molecule has 0 saturated carbocycles. The molecule has 3 heteroatoms. The monoisotopic (exact) mass is 234 g/mol. The van der Waals surface area contributed by atoms with Crippen LogP contribution in [0.4, 0.5) is 0 Å². The zero-order valence-electron chi connectivity index (χ0n) is 10.2. The number of rotatable bonds is 6. The molecule has 1 rings (SSSR count). The summed E-state index contributed by atoms with van der Waals surface area (Å²) < 4.78 is 5.52. The van der Waals surface area contributed by atoms with E-state index < -0.39 is 5.97 Å². The van der Waals surface area contributed by atoms with Gasteiger partial charge in [-0.2, -0.15) is 0 Å². The van der Waals surface area contributed by atoms with Crippen molar-refractivity contribution in [3.05, 3.63) is 41.5 Å². The molecule has 3 nitrogen and oxygen atoms in total. The molecule has 1 aromatic rings. The van der Waals surface area contributed by atoms with E-state index >= 15 is 0 Å². The molecular weight excluding hydrogens is 216 g/mol. The van der Waals surface area contributed by atoms with Crippen LogP contribution in [0.15, 0.2) is 30.3 Å². The Kier molecular flexibility index (Phi) is 5.43. The highest BCUT2D eigenvalue weighted by molar-refractivity contribution is 5.85. The molecule has 0 radical (unpaired) electrons. The number of benzene rings is 1. The molecule has 0 aromatic heterocycles. The van der Waals surface area contributed by atoms with Crippen LogP contribution < -0.4 is 0 Å². The zero-order chi connectivity index (χ0) is 12.7. The van der Waals surface area contributed by atoms with Crippen molar-refractivity contribution >= 4 is 12.0 Å². The summed E-state index contributed by atoms with van der Waals surface area (Å²) in [4.78, 5) is 10.4. The molecule has 17 heavy (non-hydrogen) atoms. The van der Waals surface area contributed by atoms with Crippen LogP contribution in [0.1, 0.15) is 25.0 Å². The fraction of sp³-hybridized carbons (Fsp3) is 0.357. The quantitative estimate of drug-likeness (QED) is 0.770. The minimum atomic E-state index is -0.938. The fourth-order valence-electron chi connectivity index (χ4n) is 1.37. The molecule has 1 N–H and O–H groups in total. The van der Waals surface area contributed by atoms with Gasteiger partial charge < -0.3 is 9.84 Å². The van der Waals surface area contributed by atoms with Gasteiger partial charge in [-0.3, -0.25) is 0 Å². The van der Waals surface area contributed by atoms with E-state index in [0.717, 1.165) is 23.8 Å². The standard InChI is InChI=1S/C14H18O3/c1-11(2)9-17-10-13-5-3-4-12(8-13)6-7-14(15)16/h3-8,11H,9-10H2,1-2H3,(H,15,16). The lowest BCUT2D eigenvalue weighted by atomic mass is 10.1. The van der Waals surface area contributed by atoms with Gasteiger partial charge in [0, 0.05) is 12.7 Å². The maximum absolute atomic E-state index is 10.4. The number of hydrogen-bond acceptors (Lipinski definition) is 2. The van der Waals surface area contributed by atoms with Gasteiger partial charge in [0.05, 0.1) is 6.61 Å². The van der Waals surface area contributed by atoms with E-state index in [9.17, 15) is 4.79 Å². The molecule has 0 fully saturated rings. The average molecular weight is 234 g/mol. The molecule has 92 valence electrons. The SMILES string of the molecule is CC(C)COCc1cccc(C=CC(=O)O)c1. The second-order valence-corrected chi connectivity index (χ2v) is 4.33. The third-order valence-electron chi connectivity index (χ3n) is 2.09. The van der Waals surface area contributed by atoms with E-state index in [1.54, 1.807) is 6.08 Å². The van der Waals surface area contributed by atoms with Crippen molar-refractivity contribution in [2.75, 3.05) is 6.61 Å². The Morgan fingerprint density at radius 1 is 1.47 bits per heavy atom. The van der Waals surface area contributed by atoms with E-state index in [0.29, 0.717) is 12.5 Å². The predicted octanol–water partition coefficient (Wildman–Crippen LogP) is 2.96. The van der Waals surface area contributed by atoms with Gasteiger partial charge in [-0.25, -0.2) is 4.79 Å². The second-order valence-electron chi connectivity index (χ2n) is 4.33. The highest BCUT2D eigenvalue weighted by Gasteiger charge is 1.97. The van der Waals surface area contributed by atoms with Gasteiger partial charge in [-0.05, 0) is 29.2 Å². The third-order valence-corrected chi connectivity index (χ3v) is 2.09. The topological polar surface area (TPSA) is 46.5 Å². The van der Waals surface area contributed by atoms with Gasteiger partial charge in [0.1, 0.15) is 0 Å². The van der Waals surface area contributed by atoms with Crippen molar-refractivity contribution in [2.24, 2.45) is 5.92 Å². The van der Waals surface area contributed by atoms with Crippen molar-refractivity contribution in [1.82, 2.24) is 0 Å². The molecule has 0 saturated heterocycles. The van der Waals surface area contributed by atoms with Gasteiger partial charge in [-0.15, -0.1) is 0 Å². The van der Waals surface area contributed by atoms with Crippen LogP contribution in [0.2, 0.25) is 0 Å². The van der Waals surface area contributed by atoms with Crippen molar-refractivity contribution in [2.45, 2.75) is 20.5 Å². The first-order chi connectivity index (χ1) is 8.08. The highest BCUT2D eigenvalue weighted by atomic mass is 16.5. The lowest BCUT2D eigenvalue weighted by Gasteiger charge is -2.07. The first kappa shape index (κ1) is 13.5. The zero-order valence-corrected chi connectivity index (χ0v) is 10.2. The molecule has 0 heterocycles. The summed E-state index contributed by atoms with van der Waals surface area (Å²) in [6.07, 6.45) is 2.71. The minimum Gasteiger partial charge on any atom is -0.478 e. The van der Waals surface area contributed by atoms with Gasteiger partial charge in [0.2, 0.25) is 0 Å². The predicted molar refractivity (Wildman–Crippen MR) is 67.6 cm³/mol. The van der Waals surface area contributed by atoms with Crippen LogP contribution in [-0.4, -0.2) is 17.7 Å². The van der Waals surface area contributed by atoms with E-state index in [4.69, 9.17) is 9.84 Å². The van der Waals surface area contributed by atoms with Crippen LogP contribution in [0.25, 0.3) is 6.08 Å².